The number of nitrogens with zero attached hydrogens (tertiary/aromatic N) is 3. The zero-order valence-electron chi connectivity index (χ0n) is 27.1. The Kier molecular flexibility index (Phi) is 28.2. The normalized spacial score (nSPS) is 12.3. The van der Waals surface area contributed by atoms with Crippen molar-refractivity contribution in [3.63, 3.8) is 0 Å². The molecule has 0 aliphatic heterocycles. The lowest BCUT2D eigenvalue weighted by atomic mass is 9.89. The SMILES string of the molecule is C#C.C=C(C)NC.CC.CC.CC(C)=Cc1nc(C2CCCCC2)n(C)c1C.CN(C)CC(C)(C)C. The fraction of sp³-hybridized carbons (Fsp3) is 0.719. The third-order valence-corrected chi connectivity index (χ3v) is 5.07. The predicted octanol–water partition coefficient (Wildman–Crippen LogP) is 8.83. The highest BCUT2D eigenvalue weighted by Gasteiger charge is 2.21. The van der Waals surface area contributed by atoms with Crippen molar-refractivity contribution in [2.75, 3.05) is 27.7 Å². The van der Waals surface area contributed by atoms with Crippen molar-refractivity contribution < 1.29 is 0 Å². The molecule has 4 nitrogen and oxygen atoms in total. The summed E-state index contributed by atoms with van der Waals surface area (Å²) in [6.07, 6.45) is 17.0. The summed E-state index contributed by atoms with van der Waals surface area (Å²) in [6, 6.07) is 0. The lowest BCUT2D eigenvalue weighted by molar-refractivity contribution is 0.263. The molecule has 0 saturated heterocycles. The van der Waals surface area contributed by atoms with Crippen LogP contribution in [0.25, 0.3) is 6.08 Å². The fourth-order valence-electron chi connectivity index (χ4n) is 3.71. The van der Waals surface area contributed by atoms with Crippen molar-refractivity contribution in [2.45, 2.75) is 114 Å². The Morgan fingerprint density at radius 1 is 1.06 bits per heavy atom. The molecular formula is C32H64N4. The Balaban J connectivity index is -0.000000226. The molecule has 0 spiro atoms. The van der Waals surface area contributed by atoms with E-state index in [1.54, 1.807) is 0 Å². The van der Waals surface area contributed by atoms with E-state index in [0.717, 1.165) is 17.9 Å². The molecule has 1 aromatic rings. The quantitative estimate of drug-likeness (QED) is 0.416. The molecule has 1 aliphatic carbocycles. The van der Waals surface area contributed by atoms with Gasteiger partial charge in [-0.25, -0.2) is 4.98 Å². The second-order valence-electron chi connectivity index (χ2n) is 10.4. The van der Waals surface area contributed by atoms with E-state index in [-0.39, 0.29) is 0 Å². The number of hydrogen-bond acceptors (Lipinski definition) is 3. The maximum Gasteiger partial charge on any atom is 0.112 e. The van der Waals surface area contributed by atoms with E-state index in [4.69, 9.17) is 4.98 Å². The minimum absolute atomic E-state index is 0.448. The Labute approximate surface area is 228 Å². The van der Waals surface area contributed by atoms with Gasteiger partial charge < -0.3 is 14.8 Å². The molecule has 0 aromatic carbocycles. The molecule has 1 fully saturated rings. The van der Waals surface area contributed by atoms with Gasteiger partial charge >= 0.3 is 0 Å². The van der Waals surface area contributed by atoms with Crippen LogP contribution in [-0.4, -0.2) is 42.1 Å². The summed E-state index contributed by atoms with van der Waals surface area (Å²) >= 11 is 0. The van der Waals surface area contributed by atoms with Gasteiger partial charge in [-0.1, -0.05) is 79.9 Å². The van der Waals surface area contributed by atoms with Gasteiger partial charge in [0, 0.05) is 32.3 Å². The summed E-state index contributed by atoms with van der Waals surface area (Å²) in [6.45, 7) is 27.8. The molecule has 1 N–H and O–H groups in total. The zero-order valence-corrected chi connectivity index (χ0v) is 27.1. The highest BCUT2D eigenvalue weighted by Crippen LogP contribution is 2.32. The molecule has 1 saturated carbocycles. The standard InChI is InChI=1S/C15H24N2.C7H17N.C4H9N.2C2H6.C2H2/c1-11(2)10-14-12(3)17(4)15(16-14)13-8-6-5-7-9-13;1-7(2,3)6-8(4)5;1-4(2)5-3;3*1-2/h10,13H,5-9H2,1-4H3;6H2,1-5H3;5H,1H2,2-3H3;2*1-2H3;1-2H. The monoisotopic (exact) mass is 505 g/mol. The van der Waals surface area contributed by atoms with Gasteiger partial charge in [0.05, 0.1) is 5.69 Å². The van der Waals surface area contributed by atoms with Crippen molar-refractivity contribution in [3.8, 4) is 12.8 Å². The number of rotatable bonds is 4. The molecule has 4 heteroatoms. The number of hydrogen-bond donors (Lipinski definition) is 1. The maximum absolute atomic E-state index is 4.86. The summed E-state index contributed by atoms with van der Waals surface area (Å²) in [4.78, 5) is 7.07. The largest absolute Gasteiger partial charge is 0.392 e. The Hall–Kier alpha value is -1.99. The number of aromatic nitrogens is 2. The van der Waals surface area contributed by atoms with Gasteiger partial charge in [0.2, 0.25) is 0 Å². The first-order valence-corrected chi connectivity index (χ1v) is 13.8. The highest BCUT2D eigenvalue weighted by atomic mass is 15.1. The third kappa shape index (κ3) is 22.5. The number of terminal acetylenes is 1. The summed E-state index contributed by atoms with van der Waals surface area (Å²) in [5, 5.41) is 2.83. The van der Waals surface area contributed by atoms with Crippen molar-refractivity contribution >= 4 is 6.08 Å². The van der Waals surface area contributed by atoms with E-state index in [2.05, 4.69) is 103 Å². The van der Waals surface area contributed by atoms with Crippen molar-refractivity contribution in [2.24, 2.45) is 12.5 Å². The topological polar surface area (TPSA) is 33.1 Å². The van der Waals surface area contributed by atoms with Crippen LogP contribution in [0.2, 0.25) is 0 Å². The van der Waals surface area contributed by atoms with Crippen molar-refractivity contribution in [1.82, 2.24) is 19.8 Å². The number of nitrogens with one attached hydrogen (secondary N) is 1. The second-order valence-corrected chi connectivity index (χ2v) is 10.4. The van der Waals surface area contributed by atoms with Gasteiger partial charge in [-0.05, 0) is 71.8 Å². The smallest absolute Gasteiger partial charge is 0.112 e. The van der Waals surface area contributed by atoms with E-state index in [0.29, 0.717) is 11.3 Å². The molecular weight excluding hydrogens is 440 g/mol. The van der Waals surface area contributed by atoms with E-state index in [1.165, 1.54) is 49.2 Å². The van der Waals surface area contributed by atoms with Crippen LogP contribution in [0.4, 0.5) is 0 Å². The van der Waals surface area contributed by atoms with Crippen LogP contribution in [0.3, 0.4) is 0 Å². The minimum atomic E-state index is 0.448. The molecule has 0 unspecified atom stereocenters. The first-order valence-electron chi connectivity index (χ1n) is 13.8. The Morgan fingerprint density at radius 2 is 1.47 bits per heavy atom. The molecule has 0 atom stereocenters. The van der Waals surface area contributed by atoms with Crippen LogP contribution in [-0.2, 0) is 7.05 Å². The second kappa shape index (κ2) is 24.7. The van der Waals surface area contributed by atoms with Gasteiger partial charge in [0.1, 0.15) is 5.82 Å². The molecule has 212 valence electrons. The number of allylic oxidation sites excluding steroid dienone is 2. The van der Waals surface area contributed by atoms with Crippen LogP contribution >= 0.6 is 0 Å². The average molecular weight is 505 g/mol. The van der Waals surface area contributed by atoms with Gasteiger partial charge in [-0.2, -0.15) is 0 Å². The van der Waals surface area contributed by atoms with E-state index >= 15 is 0 Å². The fourth-order valence-corrected chi connectivity index (χ4v) is 3.71. The van der Waals surface area contributed by atoms with Gasteiger partial charge in [0.25, 0.3) is 0 Å². The molecule has 0 amide bonds. The van der Waals surface area contributed by atoms with Gasteiger partial charge in [0.15, 0.2) is 0 Å². The zero-order chi connectivity index (χ0) is 29.5. The molecule has 36 heavy (non-hydrogen) atoms. The average Bonchev–Trinajstić information content (AvgIpc) is 3.10. The predicted molar refractivity (Wildman–Crippen MR) is 168 cm³/mol. The van der Waals surface area contributed by atoms with Crippen LogP contribution < -0.4 is 5.32 Å². The van der Waals surface area contributed by atoms with Crippen molar-refractivity contribution in [3.05, 3.63) is 35.1 Å². The van der Waals surface area contributed by atoms with Crippen LogP contribution in [0.5, 0.6) is 0 Å². The summed E-state index contributed by atoms with van der Waals surface area (Å²) in [5.74, 6) is 1.99. The molecule has 2 rings (SSSR count). The third-order valence-electron chi connectivity index (χ3n) is 5.07. The van der Waals surface area contributed by atoms with E-state index < -0.39 is 0 Å². The number of imidazole rings is 1. The molecule has 1 aromatic heterocycles. The van der Waals surface area contributed by atoms with E-state index in [9.17, 15) is 0 Å². The molecule has 0 bridgehead atoms. The molecule has 1 heterocycles. The highest BCUT2D eigenvalue weighted by molar-refractivity contribution is 5.51. The van der Waals surface area contributed by atoms with Crippen LogP contribution in [0.1, 0.15) is 124 Å². The Bertz CT molecular complexity index is 690. The minimum Gasteiger partial charge on any atom is -0.392 e. The summed E-state index contributed by atoms with van der Waals surface area (Å²) in [7, 11) is 8.22. The lowest BCUT2D eigenvalue weighted by Crippen LogP contribution is -2.25. The molecule has 0 radical (unpaired) electrons. The lowest BCUT2D eigenvalue weighted by Gasteiger charge is -2.22. The first kappa shape index (κ1) is 41.1. The van der Waals surface area contributed by atoms with Gasteiger partial charge in [-0.3, -0.25) is 0 Å². The van der Waals surface area contributed by atoms with E-state index in [1.807, 2.05) is 41.7 Å². The van der Waals surface area contributed by atoms with Gasteiger partial charge in [-0.15, -0.1) is 12.8 Å². The summed E-state index contributed by atoms with van der Waals surface area (Å²) in [5.41, 5.74) is 5.23. The maximum atomic E-state index is 4.86. The first-order chi connectivity index (χ1) is 16.8. The van der Waals surface area contributed by atoms with Crippen LogP contribution in [0, 0.1) is 25.2 Å². The van der Waals surface area contributed by atoms with Crippen molar-refractivity contribution in [1.29, 1.82) is 0 Å². The molecule has 1 aliphatic rings. The Morgan fingerprint density at radius 3 is 1.75 bits per heavy atom. The summed E-state index contributed by atoms with van der Waals surface area (Å²) < 4.78 is 2.30. The van der Waals surface area contributed by atoms with Crippen LogP contribution in [0.15, 0.2) is 17.8 Å².